The first kappa shape index (κ1) is 26.8. The third-order valence-corrected chi connectivity index (χ3v) is 8.46. The van der Waals surface area contributed by atoms with E-state index in [4.69, 9.17) is 4.74 Å². The second-order valence-electron chi connectivity index (χ2n) is 11.6. The van der Waals surface area contributed by atoms with Crippen LogP contribution in [-0.4, -0.2) is 53.5 Å². The fourth-order valence-corrected chi connectivity index (χ4v) is 6.23. The normalized spacial score (nSPS) is 19.9. The summed E-state index contributed by atoms with van der Waals surface area (Å²) in [5.41, 5.74) is 5.93. The minimum absolute atomic E-state index is 0.0936. The van der Waals surface area contributed by atoms with E-state index < -0.39 is 5.60 Å². The van der Waals surface area contributed by atoms with Crippen molar-refractivity contribution >= 4 is 22.2 Å². The first-order chi connectivity index (χ1) is 19.2. The van der Waals surface area contributed by atoms with Crippen molar-refractivity contribution < 1.29 is 9.53 Å². The SMILES string of the molecule is CC(C)(C)OC(=O)N1CCC[C@H]1c1ncc(-c2ccc(-c3ccc(-c4cnc([C@@H]5CCCN5Br)[nH]4)cc3)cc2)[nH]1. The van der Waals surface area contributed by atoms with Gasteiger partial charge in [-0.1, -0.05) is 48.5 Å². The van der Waals surface area contributed by atoms with Crippen LogP contribution in [0.2, 0.25) is 0 Å². The predicted molar refractivity (Wildman–Crippen MR) is 160 cm³/mol. The van der Waals surface area contributed by atoms with Crippen molar-refractivity contribution in [2.75, 3.05) is 13.1 Å². The molecule has 208 valence electrons. The minimum Gasteiger partial charge on any atom is -0.444 e. The van der Waals surface area contributed by atoms with Gasteiger partial charge in [-0.2, -0.15) is 0 Å². The summed E-state index contributed by atoms with van der Waals surface area (Å²) >= 11 is 3.64. The third-order valence-electron chi connectivity index (χ3n) is 7.62. The van der Waals surface area contributed by atoms with Crippen LogP contribution in [0, 0.1) is 0 Å². The molecular formula is C31H35BrN6O2. The Morgan fingerprint density at radius 3 is 1.77 bits per heavy atom. The summed E-state index contributed by atoms with van der Waals surface area (Å²) < 4.78 is 7.80. The number of aromatic nitrogens is 4. The van der Waals surface area contributed by atoms with Crippen LogP contribution in [-0.2, 0) is 4.74 Å². The van der Waals surface area contributed by atoms with Gasteiger partial charge in [-0.15, -0.1) is 0 Å². The van der Waals surface area contributed by atoms with E-state index in [2.05, 4.69) is 88.5 Å². The molecule has 0 radical (unpaired) electrons. The molecule has 8 nitrogen and oxygen atoms in total. The standard InChI is InChI=1S/C31H35BrN6O2/c1-31(2,3)40-30(39)37-16-4-6-26(37)28-33-18-24(35-28)22-12-8-20(9-13-22)21-10-14-23(15-11-21)25-19-34-29(36-25)27-7-5-17-38(27)32/h8-15,18-19,26-27H,4-7,16-17H2,1-3H3,(H,33,35)(H,34,36)/t26-,27-/m0/s1. The molecule has 6 rings (SSSR count). The molecule has 2 N–H and O–H groups in total. The average molecular weight is 604 g/mol. The van der Waals surface area contributed by atoms with E-state index in [9.17, 15) is 4.79 Å². The first-order valence-electron chi connectivity index (χ1n) is 14.0. The molecule has 9 heteroatoms. The Hall–Kier alpha value is -3.43. The van der Waals surface area contributed by atoms with Crippen molar-refractivity contribution in [1.29, 1.82) is 0 Å². The number of nitrogens with zero attached hydrogens (tertiary/aromatic N) is 4. The molecule has 0 unspecified atom stereocenters. The van der Waals surface area contributed by atoms with Gasteiger partial charge in [0.05, 0.1) is 35.9 Å². The molecule has 2 atom stereocenters. The lowest BCUT2D eigenvalue weighted by molar-refractivity contribution is 0.0218. The number of carbonyl (C=O) groups is 1. The van der Waals surface area contributed by atoms with Gasteiger partial charge in [0.2, 0.25) is 0 Å². The number of imidazole rings is 2. The molecule has 0 spiro atoms. The molecule has 1 amide bonds. The summed E-state index contributed by atoms with van der Waals surface area (Å²) in [6.45, 7) is 7.40. The number of likely N-dealkylation sites (tertiary alicyclic amines) is 1. The van der Waals surface area contributed by atoms with E-state index in [1.165, 1.54) is 6.42 Å². The van der Waals surface area contributed by atoms with Crippen molar-refractivity contribution in [3.05, 3.63) is 72.6 Å². The van der Waals surface area contributed by atoms with Gasteiger partial charge < -0.3 is 14.7 Å². The number of hydrogen-bond donors (Lipinski definition) is 2. The van der Waals surface area contributed by atoms with E-state index >= 15 is 0 Å². The highest BCUT2D eigenvalue weighted by Crippen LogP contribution is 2.35. The quantitative estimate of drug-likeness (QED) is 0.229. The maximum Gasteiger partial charge on any atom is 0.410 e. The summed E-state index contributed by atoms with van der Waals surface area (Å²) in [5, 5.41) is 0. The Morgan fingerprint density at radius 1 is 0.800 bits per heavy atom. The topological polar surface area (TPSA) is 90.1 Å². The monoisotopic (exact) mass is 602 g/mol. The zero-order valence-electron chi connectivity index (χ0n) is 23.2. The number of benzene rings is 2. The third kappa shape index (κ3) is 5.58. The number of ether oxygens (including phenoxy) is 1. The molecule has 2 aliphatic heterocycles. The lowest BCUT2D eigenvalue weighted by Crippen LogP contribution is -2.36. The van der Waals surface area contributed by atoms with Gasteiger partial charge in [0.25, 0.3) is 0 Å². The van der Waals surface area contributed by atoms with E-state index in [1.54, 1.807) is 4.90 Å². The number of hydrogen-bond acceptors (Lipinski definition) is 5. The molecule has 0 aliphatic carbocycles. The summed E-state index contributed by atoms with van der Waals surface area (Å²) in [6.07, 6.45) is 7.59. The number of rotatable bonds is 5. The fourth-order valence-electron chi connectivity index (χ4n) is 5.58. The predicted octanol–water partition coefficient (Wildman–Crippen LogP) is 7.65. The summed E-state index contributed by atoms with van der Waals surface area (Å²) in [4.78, 5) is 30.7. The van der Waals surface area contributed by atoms with E-state index in [-0.39, 0.29) is 12.1 Å². The van der Waals surface area contributed by atoms with Crippen molar-refractivity contribution in [3.63, 3.8) is 0 Å². The van der Waals surface area contributed by atoms with Gasteiger partial charge in [-0.05, 0) is 68.7 Å². The zero-order chi connectivity index (χ0) is 27.9. The van der Waals surface area contributed by atoms with Gasteiger partial charge in [0.15, 0.2) is 0 Å². The Bertz CT molecular complexity index is 1470. The van der Waals surface area contributed by atoms with Gasteiger partial charge in [-0.3, -0.25) is 4.90 Å². The molecule has 0 saturated carbocycles. The smallest absolute Gasteiger partial charge is 0.410 e. The zero-order valence-corrected chi connectivity index (χ0v) is 24.7. The molecule has 2 fully saturated rings. The maximum atomic E-state index is 12.7. The highest BCUT2D eigenvalue weighted by Gasteiger charge is 2.35. The van der Waals surface area contributed by atoms with Crippen LogP contribution in [0.3, 0.4) is 0 Å². The highest BCUT2D eigenvalue weighted by molar-refractivity contribution is 9.07. The Labute approximate surface area is 243 Å². The van der Waals surface area contributed by atoms with Crippen LogP contribution in [0.4, 0.5) is 4.79 Å². The van der Waals surface area contributed by atoms with Crippen molar-refractivity contribution in [2.45, 2.75) is 64.1 Å². The molecule has 0 bridgehead atoms. The number of aromatic amines is 2. The van der Waals surface area contributed by atoms with Gasteiger partial charge in [-0.25, -0.2) is 18.7 Å². The molecule has 4 heterocycles. The van der Waals surface area contributed by atoms with E-state index in [1.807, 2.05) is 33.2 Å². The number of nitrogens with one attached hydrogen (secondary N) is 2. The second-order valence-corrected chi connectivity index (χ2v) is 12.5. The molecule has 4 aromatic rings. The van der Waals surface area contributed by atoms with Crippen LogP contribution >= 0.6 is 16.1 Å². The maximum absolute atomic E-state index is 12.7. The summed E-state index contributed by atoms with van der Waals surface area (Å²) in [7, 11) is 0. The number of carbonyl (C=O) groups excluding carboxylic acids is 1. The minimum atomic E-state index is -0.520. The second kappa shape index (κ2) is 10.9. The van der Waals surface area contributed by atoms with Gasteiger partial charge >= 0.3 is 6.09 Å². The van der Waals surface area contributed by atoms with E-state index in [0.29, 0.717) is 12.6 Å². The molecular weight excluding hydrogens is 568 g/mol. The van der Waals surface area contributed by atoms with Crippen LogP contribution in [0.15, 0.2) is 60.9 Å². The summed E-state index contributed by atoms with van der Waals surface area (Å²) in [6, 6.07) is 17.3. The first-order valence-corrected chi connectivity index (χ1v) is 14.7. The fraction of sp³-hybridized carbons (Fsp3) is 0.387. The number of H-pyrrole nitrogens is 2. The van der Waals surface area contributed by atoms with Gasteiger partial charge in [0, 0.05) is 29.2 Å². The van der Waals surface area contributed by atoms with Crippen LogP contribution in [0.5, 0.6) is 0 Å². The van der Waals surface area contributed by atoms with Gasteiger partial charge in [0.1, 0.15) is 17.2 Å². The molecule has 2 saturated heterocycles. The Morgan fingerprint density at radius 2 is 1.27 bits per heavy atom. The van der Waals surface area contributed by atoms with Crippen molar-refractivity contribution in [2.24, 2.45) is 0 Å². The summed E-state index contributed by atoms with van der Waals surface area (Å²) in [5.74, 6) is 1.81. The molecule has 2 aromatic heterocycles. The molecule has 2 aliphatic rings. The average Bonchev–Trinajstić information content (AvgIpc) is 3.74. The van der Waals surface area contributed by atoms with E-state index in [0.717, 1.165) is 71.1 Å². The Balaban J connectivity index is 1.13. The molecule has 40 heavy (non-hydrogen) atoms. The number of halogens is 1. The highest BCUT2D eigenvalue weighted by atomic mass is 79.9. The lowest BCUT2D eigenvalue weighted by atomic mass is 10.0. The number of amides is 1. The van der Waals surface area contributed by atoms with Crippen molar-refractivity contribution in [3.8, 4) is 33.6 Å². The van der Waals surface area contributed by atoms with Crippen molar-refractivity contribution in [1.82, 2.24) is 28.8 Å². The van der Waals surface area contributed by atoms with Crippen LogP contribution < -0.4 is 0 Å². The van der Waals surface area contributed by atoms with Crippen LogP contribution in [0.1, 0.15) is 70.2 Å². The van der Waals surface area contributed by atoms with Crippen LogP contribution in [0.25, 0.3) is 33.6 Å². The Kier molecular flexibility index (Phi) is 7.27. The molecule has 2 aromatic carbocycles. The lowest BCUT2D eigenvalue weighted by Gasteiger charge is -2.27. The largest absolute Gasteiger partial charge is 0.444 e.